The first-order valence-corrected chi connectivity index (χ1v) is 6.65. The van der Waals surface area contributed by atoms with Crippen LogP contribution in [0.25, 0.3) is 0 Å². The third-order valence-corrected chi connectivity index (χ3v) is 3.46. The molecule has 0 bridgehead atoms. The third kappa shape index (κ3) is 5.50. The number of methoxy groups -OCH3 is 1. The molecule has 1 rings (SSSR count). The third-order valence-electron chi connectivity index (χ3n) is 3.46. The number of amides is 1. The van der Waals surface area contributed by atoms with Crippen molar-refractivity contribution in [3.8, 4) is 0 Å². The first kappa shape index (κ1) is 14.5. The van der Waals surface area contributed by atoms with E-state index in [1.165, 1.54) is 25.7 Å². The van der Waals surface area contributed by atoms with Crippen molar-refractivity contribution >= 4 is 5.91 Å². The Morgan fingerprint density at radius 2 is 2.12 bits per heavy atom. The predicted octanol–water partition coefficient (Wildman–Crippen LogP) is 1.31. The Labute approximate surface area is 104 Å². The number of nitrogens with one attached hydrogen (secondary N) is 2. The second-order valence-electron chi connectivity index (χ2n) is 5.17. The van der Waals surface area contributed by atoms with Crippen LogP contribution in [0.1, 0.15) is 39.5 Å². The number of ether oxygens (including phenoxy) is 1. The number of carbonyl (C=O) groups is 1. The van der Waals surface area contributed by atoms with Crippen molar-refractivity contribution in [1.29, 1.82) is 0 Å². The normalized spacial score (nSPS) is 26.5. The van der Waals surface area contributed by atoms with Crippen LogP contribution < -0.4 is 10.6 Å². The van der Waals surface area contributed by atoms with Crippen LogP contribution in [-0.2, 0) is 9.53 Å². The van der Waals surface area contributed by atoms with Crippen LogP contribution in [0.5, 0.6) is 0 Å². The molecule has 3 atom stereocenters. The van der Waals surface area contributed by atoms with E-state index in [0.717, 1.165) is 0 Å². The van der Waals surface area contributed by atoms with Crippen molar-refractivity contribution in [2.75, 3.05) is 20.3 Å². The summed E-state index contributed by atoms with van der Waals surface area (Å²) in [6.07, 6.45) is 5.08. The molecule has 1 aliphatic rings. The van der Waals surface area contributed by atoms with E-state index < -0.39 is 0 Å². The summed E-state index contributed by atoms with van der Waals surface area (Å²) in [6, 6.07) is 0.588. The molecule has 4 nitrogen and oxygen atoms in total. The summed E-state index contributed by atoms with van der Waals surface area (Å²) in [6.45, 7) is 5.20. The van der Waals surface area contributed by atoms with Gasteiger partial charge in [0.05, 0.1) is 13.2 Å². The van der Waals surface area contributed by atoms with Gasteiger partial charge in [-0.05, 0) is 25.7 Å². The quantitative estimate of drug-likeness (QED) is 0.738. The highest BCUT2D eigenvalue weighted by molar-refractivity contribution is 5.78. The molecule has 1 saturated carbocycles. The highest BCUT2D eigenvalue weighted by Gasteiger charge is 2.21. The minimum absolute atomic E-state index is 0.0623. The second kappa shape index (κ2) is 7.67. The van der Waals surface area contributed by atoms with E-state index in [1.807, 2.05) is 6.92 Å². The van der Waals surface area contributed by atoms with Crippen LogP contribution >= 0.6 is 0 Å². The van der Waals surface area contributed by atoms with E-state index in [-0.39, 0.29) is 11.9 Å². The van der Waals surface area contributed by atoms with Gasteiger partial charge in [0.25, 0.3) is 0 Å². The minimum atomic E-state index is 0.0623. The van der Waals surface area contributed by atoms with Gasteiger partial charge in [-0.15, -0.1) is 0 Å². The SMILES string of the molecule is COCC(C)NC(=O)CNC1CCCCC1C. The largest absolute Gasteiger partial charge is 0.383 e. The molecule has 1 fully saturated rings. The summed E-state index contributed by atoms with van der Waals surface area (Å²) >= 11 is 0. The van der Waals surface area contributed by atoms with Gasteiger partial charge in [0, 0.05) is 19.2 Å². The highest BCUT2D eigenvalue weighted by atomic mass is 16.5. The molecule has 0 aliphatic heterocycles. The van der Waals surface area contributed by atoms with Gasteiger partial charge in [-0.1, -0.05) is 19.8 Å². The lowest BCUT2D eigenvalue weighted by atomic mass is 9.86. The Hall–Kier alpha value is -0.610. The highest BCUT2D eigenvalue weighted by Crippen LogP contribution is 2.23. The fourth-order valence-corrected chi connectivity index (χ4v) is 2.46. The van der Waals surface area contributed by atoms with Gasteiger partial charge in [-0.2, -0.15) is 0 Å². The molecule has 0 aromatic carbocycles. The van der Waals surface area contributed by atoms with E-state index in [9.17, 15) is 4.79 Å². The van der Waals surface area contributed by atoms with Gasteiger partial charge in [0.15, 0.2) is 0 Å². The molecule has 100 valence electrons. The van der Waals surface area contributed by atoms with E-state index >= 15 is 0 Å². The molecule has 0 aromatic rings. The van der Waals surface area contributed by atoms with E-state index in [2.05, 4.69) is 17.6 Å². The van der Waals surface area contributed by atoms with Gasteiger partial charge in [-0.25, -0.2) is 0 Å². The zero-order chi connectivity index (χ0) is 12.7. The molecule has 4 heteroatoms. The molecule has 0 heterocycles. The van der Waals surface area contributed by atoms with Crippen LogP contribution in [0.15, 0.2) is 0 Å². The van der Waals surface area contributed by atoms with Gasteiger partial charge < -0.3 is 15.4 Å². The zero-order valence-corrected chi connectivity index (χ0v) is 11.3. The van der Waals surface area contributed by atoms with E-state index in [0.29, 0.717) is 25.1 Å². The zero-order valence-electron chi connectivity index (χ0n) is 11.3. The fourth-order valence-electron chi connectivity index (χ4n) is 2.46. The van der Waals surface area contributed by atoms with Crippen LogP contribution in [0.3, 0.4) is 0 Å². The van der Waals surface area contributed by atoms with Crippen LogP contribution in [0.4, 0.5) is 0 Å². The fraction of sp³-hybridized carbons (Fsp3) is 0.923. The molecule has 0 aromatic heterocycles. The monoisotopic (exact) mass is 242 g/mol. The number of rotatable bonds is 6. The van der Waals surface area contributed by atoms with Crippen molar-refractivity contribution in [2.24, 2.45) is 5.92 Å². The maximum Gasteiger partial charge on any atom is 0.234 e. The first-order chi connectivity index (χ1) is 8.13. The molecule has 0 radical (unpaired) electrons. The molecule has 3 unspecified atom stereocenters. The molecule has 0 spiro atoms. The van der Waals surface area contributed by atoms with Gasteiger partial charge in [0.2, 0.25) is 5.91 Å². The average Bonchev–Trinajstić information content (AvgIpc) is 2.28. The van der Waals surface area contributed by atoms with Gasteiger partial charge in [0.1, 0.15) is 0 Å². The molecular formula is C13H26N2O2. The summed E-state index contributed by atoms with van der Waals surface area (Å²) in [5, 5.41) is 6.27. The Bertz CT molecular complexity index is 233. The lowest BCUT2D eigenvalue weighted by Crippen LogP contribution is -2.46. The molecule has 1 aliphatic carbocycles. The average molecular weight is 242 g/mol. The lowest BCUT2D eigenvalue weighted by Gasteiger charge is -2.29. The van der Waals surface area contributed by atoms with Crippen molar-refractivity contribution < 1.29 is 9.53 Å². The van der Waals surface area contributed by atoms with Gasteiger partial charge >= 0.3 is 0 Å². The summed E-state index contributed by atoms with van der Waals surface area (Å²) < 4.78 is 4.98. The lowest BCUT2D eigenvalue weighted by molar-refractivity contribution is -0.121. The maximum absolute atomic E-state index is 11.6. The Morgan fingerprint density at radius 1 is 1.41 bits per heavy atom. The molecule has 17 heavy (non-hydrogen) atoms. The molecular weight excluding hydrogens is 216 g/mol. The van der Waals surface area contributed by atoms with Crippen LogP contribution in [0.2, 0.25) is 0 Å². The molecule has 2 N–H and O–H groups in total. The maximum atomic E-state index is 11.6. The Kier molecular flexibility index (Phi) is 6.52. The van der Waals surface area contributed by atoms with Crippen molar-refractivity contribution in [2.45, 2.75) is 51.6 Å². The smallest absolute Gasteiger partial charge is 0.234 e. The number of hydrogen-bond acceptors (Lipinski definition) is 3. The second-order valence-corrected chi connectivity index (χ2v) is 5.17. The summed E-state index contributed by atoms with van der Waals surface area (Å²) in [7, 11) is 1.64. The summed E-state index contributed by atoms with van der Waals surface area (Å²) in [4.78, 5) is 11.6. The van der Waals surface area contributed by atoms with Crippen LogP contribution in [0, 0.1) is 5.92 Å². The summed E-state index contributed by atoms with van der Waals surface area (Å²) in [5.74, 6) is 0.750. The topological polar surface area (TPSA) is 50.4 Å². The molecule has 1 amide bonds. The van der Waals surface area contributed by atoms with Crippen molar-refractivity contribution in [3.05, 3.63) is 0 Å². The van der Waals surface area contributed by atoms with Crippen molar-refractivity contribution in [3.63, 3.8) is 0 Å². The van der Waals surface area contributed by atoms with Crippen molar-refractivity contribution in [1.82, 2.24) is 10.6 Å². The standard InChI is InChI=1S/C13H26N2O2/c1-10-6-4-5-7-12(10)14-8-13(16)15-11(2)9-17-3/h10-12,14H,4-9H2,1-3H3,(H,15,16). The van der Waals surface area contributed by atoms with E-state index in [4.69, 9.17) is 4.74 Å². The number of carbonyl (C=O) groups excluding carboxylic acids is 1. The first-order valence-electron chi connectivity index (χ1n) is 6.65. The molecule has 0 saturated heterocycles. The predicted molar refractivity (Wildman–Crippen MR) is 68.9 cm³/mol. The van der Waals surface area contributed by atoms with E-state index in [1.54, 1.807) is 7.11 Å². The Morgan fingerprint density at radius 3 is 2.76 bits per heavy atom. The van der Waals surface area contributed by atoms with Gasteiger partial charge in [-0.3, -0.25) is 4.79 Å². The van der Waals surface area contributed by atoms with Crippen LogP contribution in [-0.4, -0.2) is 38.3 Å². The summed E-state index contributed by atoms with van der Waals surface area (Å²) in [5.41, 5.74) is 0. The number of hydrogen-bond donors (Lipinski definition) is 2. The Balaban J connectivity index is 2.18. The minimum Gasteiger partial charge on any atom is -0.383 e.